The number of anilines is 1. The summed E-state index contributed by atoms with van der Waals surface area (Å²) in [6.45, 7) is 4.20. The molecule has 2 aromatic heterocycles. The fraction of sp³-hybridized carbons (Fsp3) is 0.200. The number of aryl methyl sites for hydroxylation is 5. The summed E-state index contributed by atoms with van der Waals surface area (Å²) in [6, 6.07) is 33.4. The van der Waals surface area contributed by atoms with E-state index in [1.807, 2.05) is 36.4 Å². The maximum Gasteiger partial charge on any atom is 0.337 e. The fourth-order valence-electron chi connectivity index (χ4n) is 8.84. The molecular formula is C55H49Cl2N3O7. The number of carboxylic acid groups (broad SMARTS) is 1. The van der Waals surface area contributed by atoms with E-state index in [9.17, 15) is 19.8 Å². The number of nitrogens with two attached hydrogens (primary N) is 1. The second-order valence-electron chi connectivity index (χ2n) is 16.8. The van der Waals surface area contributed by atoms with Crippen molar-refractivity contribution in [2.24, 2.45) is 0 Å². The van der Waals surface area contributed by atoms with Gasteiger partial charge in [-0.1, -0.05) is 70.7 Å². The predicted molar refractivity (Wildman–Crippen MR) is 267 cm³/mol. The van der Waals surface area contributed by atoms with Crippen LogP contribution >= 0.6 is 23.2 Å². The molecule has 10 nitrogen and oxygen atoms in total. The van der Waals surface area contributed by atoms with Gasteiger partial charge in [0.1, 0.15) is 23.0 Å². The molecule has 0 bridgehead atoms. The average molecular weight is 935 g/mol. The van der Waals surface area contributed by atoms with Crippen LogP contribution in [0, 0.1) is 13.8 Å². The van der Waals surface area contributed by atoms with E-state index < -0.39 is 5.97 Å². The molecule has 2 heterocycles. The van der Waals surface area contributed by atoms with E-state index in [1.54, 1.807) is 43.5 Å². The zero-order chi connectivity index (χ0) is 47.5. The number of nitrogen functional groups attached to an aromatic ring is 1. The SMILES string of the molecule is COc1ccc(N)c(C(=O)O)c1.COc1ccc2nc3c(c(Cl)c2c1)CCc1cc(C)ccc1-3.Cc1ccc2c(c1)CCCC2=O.Oc1ccc2c(c1)CCc1c-2nc2ccc(O)cc2c1Cl. The van der Waals surface area contributed by atoms with E-state index in [4.69, 9.17) is 53.5 Å². The Bertz CT molecular complexity index is 3240. The van der Waals surface area contributed by atoms with Crippen molar-refractivity contribution in [3.8, 4) is 45.5 Å². The Morgan fingerprint density at radius 1 is 0.582 bits per heavy atom. The van der Waals surface area contributed by atoms with Crippen LogP contribution < -0.4 is 15.2 Å². The Morgan fingerprint density at radius 2 is 1.07 bits per heavy atom. The molecule has 11 rings (SSSR count). The number of aromatic carboxylic acids is 1. The maximum atomic E-state index is 11.4. The number of hydrogen-bond acceptors (Lipinski definition) is 9. The molecule has 0 amide bonds. The Hall–Kier alpha value is -7.14. The fourth-order valence-corrected chi connectivity index (χ4v) is 9.51. The molecule has 0 aliphatic heterocycles. The van der Waals surface area contributed by atoms with Gasteiger partial charge in [0.2, 0.25) is 0 Å². The summed E-state index contributed by atoms with van der Waals surface area (Å²) in [4.78, 5) is 31.5. The van der Waals surface area contributed by atoms with E-state index >= 15 is 0 Å². The minimum Gasteiger partial charge on any atom is -0.508 e. The van der Waals surface area contributed by atoms with Crippen LogP contribution in [0.25, 0.3) is 44.3 Å². The molecule has 5 N–H and O–H groups in total. The number of pyridine rings is 2. The van der Waals surface area contributed by atoms with Crippen molar-refractivity contribution in [3.05, 3.63) is 169 Å². The lowest BCUT2D eigenvalue weighted by molar-refractivity contribution is 0.0697. The summed E-state index contributed by atoms with van der Waals surface area (Å²) in [5, 5.41) is 31.1. The molecule has 0 spiro atoms. The van der Waals surface area contributed by atoms with E-state index in [-0.39, 0.29) is 22.7 Å². The minimum atomic E-state index is -1.05. The molecule has 0 saturated carbocycles. The number of halogens is 2. The number of Topliss-reactive ketones (excluding diaryl/α,β-unsaturated/α-hetero) is 1. The predicted octanol–water partition coefficient (Wildman–Crippen LogP) is 12.5. The molecular weight excluding hydrogens is 886 g/mol. The molecule has 67 heavy (non-hydrogen) atoms. The first-order valence-corrected chi connectivity index (χ1v) is 22.7. The number of carbonyl (C=O) groups is 2. The van der Waals surface area contributed by atoms with Crippen LogP contribution in [0.4, 0.5) is 5.69 Å². The summed E-state index contributed by atoms with van der Waals surface area (Å²) >= 11 is 13.2. The van der Waals surface area contributed by atoms with Gasteiger partial charge in [-0.25, -0.2) is 14.8 Å². The first kappa shape index (κ1) is 46.4. The van der Waals surface area contributed by atoms with Gasteiger partial charge in [0, 0.05) is 39.6 Å². The number of fused-ring (bicyclic) bond motifs is 9. The summed E-state index contributed by atoms with van der Waals surface area (Å²) in [6.07, 6.45) is 6.38. The third-order valence-corrected chi connectivity index (χ3v) is 13.1. The van der Waals surface area contributed by atoms with Gasteiger partial charge in [-0.3, -0.25) is 4.79 Å². The van der Waals surface area contributed by atoms with Crippen LogP contribution in [0.5, 0.6) is 23.0 Å². The van der Waals surface area contributed by atoms with Crippen molar-refractivity contribution in [3.63, 3.8) is 0 Å². The molecule has 6 aromatic carbocycles. The van der Waals surface area contributed by atoms with Crippen molar-refractivity contribution < 1.29 is 34.4 Å². The topological polar surface area (TPSA) is 165 Å². The van der Waals surface area contributed by atoms with Crippen LogP contribution in [0.3, 0.4) is 0 Å². The molecule has 0 atom stereocenters. The van der Waals surface area contributed by atoms with Crippen LogP contribution in [0.2, 0.25) is 10.0 Å². The Labute approximate surface area is 398 Å². The number of hydrogen-bond donors (Lipinski definition) is 4. The van der Waals surface area contributed by atoms with Crippen LogP contribution in [-0.4, -0.2) is 51.3 Å². The maximum absolute atomic E-state index is 11.4. The summed E-state index contributed by atoms with van der Waals surface area (Å²) < 4.78 is 10.1. The molecule has 340 valence electrons. The number of aromatic hydroxyl groups is 2. The third-order valence-electron chi connectivity index (χ3n) is 12.3. The van der Waals surface area contributed by atoms with E-state index in [0.29, 0.717) is 16.6 Å². The molecule has 8 aromatic rings. The number of rotatable bonds is 3. The summed E-state index contributed by atoms with van der Waals surface area (Å²) in [7, 11) is 3.14. The number of benzene rings is 6. The molecule has 12 heteroatoms. The normalized spacial score (nSPS) is 12.8. The smallest absolute Gasteiger partial charge is 0.337 e. The average Bonchev–Trinajstić information content (AvgIpc) is 3.32. The van der Waals surface area contributed by atoms with Crippen LogP contribution in [0.1, 0.15) is 72.5 Å². The molecule has 0 radical (unpaired) electrons. The lowest BCUT2D eigenvalue weighted by atomic mass is 9.87. The minimum absolute atomic E-state index is 0.0642. The summed E-state index contributed by atoms with van der Waals surface area (Å²) in [5.74, 6) is 1.02. The first-order chi connectivity index (χ1) is 32.2. The number of carbonyl (C=O) groups excluding carboxylic acids is 1. The Balaban J connectivity index is 0.000000126. The number of ether oxygens (including phenoxy) is 2. The number of methoxy groups -OCH3 is 2. The second-order valence-corrected chi connectivity index (χ2v) is 17.5. The Morgan fingerprint density at radius 3 is 1.69 bits per heavy atom. The van der Waals surface area contributed by atoms with E-state index in [1.165, 1.54) is 47.1 Å². The number of ketones is 1. The number of phenolic OH excluding ortho intramolecular Hbond substituents is 2. The van der Waals surface area contributed by atoms with Crippen molar-refractivity contribution in [2.45, 2.75) is 58.8 Å². The quantitative estimate of drug-likeness (QED) is 0.125. The number of phenols is 2. The van der Waals surface area contributed by atoms with E-state index in [0.717, 1.165) is 117 Å². The second kappa shape index (κ2) is 19.8. The highest BCUT2D eigenvalue weighted by molar-refractivity contribution is 6.37. The van der Waals surface area contributed by atoms with Gasteiger partial charge < -0.3 is 30.5 Å². The van der Waals surface area contributed by atoms with Gasteiger partial charge in [-0.2, -0.15) is 0 Å². The van der Waals surface area contributed by atoms with Gasteiger partial charge in [-0.05, 0) is 153 Å². The summed E-state index contributed by atoms with van der Waals surface area (Å²) in [5.41, 5.74) is 20.9. The van der Waals surface area contributed by atoms with Gasteiger partial charge in [0.05, 0.1) is 52.2 Å². The highest BCUT2D eigenvalue weighted by Gasteiger charge is 2.24. The lowest BCUT2D eigenvalue weighted by Gasteiger charge is -2.21. The zero-order valence-corrected chi connectivity index (χ0v) is 39.1. The monoisotopic (exact) mass is 933 g/mol. The standard InChI is InChI=1S/C19H16ClNO.C17H12ClNO2.C11H12O.C8H9NO3/c1-11-3-6-14-12(9-11)4-7-15-18(20)16-10-13(22-2)5-8-17(16)21-19(14)15;18-16-13-4-1-9-7-10(20)2-5-12(9)17(13)19-15-6-3-11(21)8-14(15)16;1-8-5-6-10-9(7-8)3-2-4-11(10)12;1-12-5-2-3-7(9)6(4-5)8(10)11/h3,5-6,8-10H,4,7H2,1-2H3;2-3,5-8,20-21H,1,4H2;5-7H,2-4H2,1H3;2-4H,9H2,1H3,(H,10,11). The van der Waals surface area contributed by atoms with Crippen molar-refractivity contribution in [1.82, 2.24) is 9.97 Å². The third kappa shape index (κ3) is 9.87. The molecule has 0 unspecified atom stereocenters. The van der Waals surface area contributed by atoms with Crippen molar-refractivity contribution >= 4 is 62.4 Å². The number of carboxylic acids is 1. The Kier molecular flexibility index (Phi) is 13.7. The molecule has 3 aliphatic carbocycles. The number of nitrogens with zero attached hydrogens (tertiary/aromatic N) is 2. The van der Waals surface area contributed by atoms with Gasteiger partial charge in [-0.15, -0.1) is 0 Å². The molecule has 0 fully saturated rings. The first-order valence-electron chi connectivity index (χ1n) is 21.9. The zero-order valence-electron chi connectivity index (χ0n) is 37.5. The van der Waals surface area contributed by atoms with Crippen molar-refractivity contribution in [2.75, 3.05) is 20.0 Å². The van der Waals surface area contributed by atoms with Crippen LogP contribution in [0.15, 0.2) is 109 Å². The van der Waals surface area contributed by atoms with Crippen molar-refractivity contribution in [1.29, 1.82) is 0 Å². The van der Waals surface area contributed by atoms with Gasteiger partial charge in [0.25, 0.3) is 0 Å². The van der Waals surface area contributed by atoms with E-state index in [2.05, 4.69) is 38.1 Å². The molecule has 0 saturated heterocycles. The van der Waals surface area contributed by atoms with Gasteiger partial charge in [0.15, 0.2) is 5.78 Å². The number of aromatic nitrogens is 2. The van der Waals surface area contributed by atoms with Gasteiger partial charge >= 0.3 is 5.97 Å². The highest BCUT2D eigenvalue weighted by Crippen LogP contribution is 2.42. The van der Waals surface area contributed by atoms with Crippen LogP contribution in [-0.2, 0) is 32.1 Å². The molecule has 3 aliphatic rings. The largest absolute Gasteiger partial charge is 0.508 e. The highest BCUT2D eigenvalue weighted by atomic mass is 35.5. The lowest BCUT2D eigenvalue weighted by Crippen LogP contribution is -2.10.